The van der Waals surface area contributed by atoms with Crippen LogP contribution in [0.1, 0.15) is 11.7 Å². The fourth-order valence-electron chi connectivity index (χ4n) is 1.49. The number of hydrogen-bond donors (Lipinski definition) is 1. The van der Waals surface area contributed by atoms with Crippen LogP contribution in [0.5, 0.6) is 0 Å². The van der Waals surface area contributed by atoms with Gasteiger partial charge in [-0.05, 0) is 11.6 Å². The lowest BCUT2D eigenvalue weighted by molar-refractivity contribution is 0.0277. The minimum atomic E-state index is 0.250. The van der Waals surface area contributed by atoms with Crippen LogP contribution < -0.4 is 5.32 Å². The molecule has 1 fully saturated rings. The van der Waals surface area contributed by atoms with Crippen molar-refractivity contribution >= 4 is 0 Å². The lowest BCUT2D eigenvalue weighted by Gasteiger charge is -2.22. The van der Waals surface area contributed by atoms with E-state index in [9.17, 15) is 0 Å². The molecule has 1 aliphatic rings. The molecule has 0 amide bonds. The molecule has 66 valence electrons. The number of hydrogen-bond acceptors (Lipinski definition) is 2. The summed E-state index contributed by atoms with van der Waals surface area (Å²) in [7, 11) is 2.03. The quantitative estimate of drug-likeness (QED) is 0.664. The largest absolute Gasteiger partial charge is 0.371 e. The molecular formula is C9H14N2O. The number of ether oxygens (including phenoxy) is 1. The monoisotopic (exact) mass is 166 g/mol. The molecule has 1 aliphatic heterocycles. The molecule has 1 saturated heterocycles. The topological polar surface area (TPSA) is 26.2 Å². The van der Waals surface area contributed by atoms with Crippen molar-refractivity contribution < 1.29 is 4.74 Å². The Morgan fingerprint density at radius 2 is 2.58 bits per heavy atom. The van der Waals surface area contributed by atoms with E-state index in [0.29, 0.717) is 0 Å². The molecule has 2 heterocycles. The summed E-state index contributed by atoms with van der Waals surface area (Å²) < 4.78 is 7.65. The Hall–Kier alpha value is -0.800. The molecule has 1 unspecified atom stereocenters. The van der Waals surface area contributed by atoms with E-state index in [0.717, 1.165) is 19.7 Å². The van der Waals surface area contributed by atoms with E-state index < -0.39 is 0 Å². The fraction of sp³-hybridized carbons (Fsp3) is 0.556. The molecule has 0 spiro atoms. The van der Waals surface area contributed by atoms with Crippen molar-refractivity contribution in [3.63, 3.8) is 0 Å². The second kappa shape index (κ2) is 3.29. The van der Waals surface area contributed by atoms with Crippen molar-refractivity contribution in [2.45, 2.75) is 6.10 Å². The maximum Gasteiger partial charge on any atom is 0.0964 e. The number of nitrogens with zero attached hydrogens (tertiary/aromatic N) is 1. The highest BCUT2D eigenvalue weighted by Crippen LogP contribution is 2.17. The number of morpholine rings is 1. The van der Waals surface area contributed by atoms with Crippen LogP contribution in [0.25, 0.3) is 0 Å². The van der Waals surface area contributed by atoms with Gasteiger partial charge in [0.15, 0.2) is 0 Å². The molecule has 2 rings (SSSR count). The molecule has 0 bridgehead atoms. The molecular weight excluding hydrogens is 152 g/mol. The van der Waals surface area contributed by atoms with Crippen LogP contribution in [0.3, 0.4) is 0 Å². The minimum Gasteiger partial charge on any atom is -0.371 e. The smallest absolute Gasteiger partial charge is 0.0964 e. The van der Waals surface area contributed by atoms with Crippen molar-refractivity contribution in [1.29, 1.82) is 0 Å². The first-order chi connectivity index (χ1) is 5.86. The van der Waals surface area contributed by atoms with Gasteiger partial charge in [0, 0.05) is 32.5 Å². The molecule has 1 aromatic heterocycles. The molecule has 1 atom stereocenters. The van der Waals surface area contributed by atoms with Crippen molar-refractivity contribution in [3.05, 3.63) is 24.0 Å². The molecule has 0 aliphatic carbocycles. The fourth-order valence-corrected chi connectivity index (χ4v) is 1.49. The summed E-state index contributed by atoms with van der Waals surface area (Å²) in [5.41, 5.74) is 1.27. The van der Waals surface area contributed by atoms with Gasteiger partial charge in [0.2, 0.25) is 0 Å². The lowest BCUT2D eigenvalue weighted by Crippen LogP contribution is -2.33. The molecule has 0 aromatic carbocycles. The van der Waals surface area contributed by atoms with Gasteiger partial charge in [-0.25, -0.2) is 0 Å². The molecule has 1 N–H and O–H groups in total. The highest BCUT2D eigenvalue weighted by Gasteiger charge is 2.15. The Bertz CT molecular complexity index is 251. The van der Waals surface area contributed by atoms with Crippen LogP contribution in [-0.4, -0.2) is 24.3 Å². The number of aromatic nitrogens is 1. The summed E-state index contributed by atoms with van der Waals surface area (Å²) in [6, 6.07) is 2.11. The third-order valence-corrected chi connectivity index (χ3v) is 2.15. The Morgan fingerprint density at radius 1 is 1.67 bits per heavy atom. The van der Waals surface area contributed by atoms with Gasteiger partial charge < -0.3 is 14.6 Å². The maximum atomic E-state index is 5.60. The SMILES string of the molecule is Cn1ccc(C2CNCCO2)c1. The van der Waals surface area contributed by atoms with Gasteiger partial charge in [0.1, 0.15) is 0 Å². The van der Waals surface area contributed by atoms with Gasteiger partial charge in [0.25, 0.3) is 0 Å². The average Bonchev–Trinajstić information content (AvgIpc) is 2.54. The van der Waals surface area contributed by atoms with Crippen LogP contribution >= 0.6 is 0 Å². The summed E-state index contributed by atoms with van der Waals surface area (Å²) in [6.07, 6.45) is 4.41. The first-order valence-electron chi connectivity index (χ1n) is 4.30. The van der Waals surface area contributed by atoms with E-state index >= 15 is 0 Å². The van der Waals surface area contributed by atoms with Gasteiger partial charge >= 0.3 is 0 Å². The Labute approximate surface area is 72.3 Å². The van der Waals surface area contributed by atoms with Gasteiger partial charge in [-0.3, -0.25) is 0 Å². The Morgan fingerprint density at radius 3 is 3.17 bits per heavy atom. The van der Waals surface area contributed by atoms with Crippen LogP contribution in [0.15, 0.2) is 18.5 Å². The Balaban J connectivity index is 2.08. The summed E-state index contributed by atoms with van der Waals surface area (Å²) in [4.78, 5) is 0. The highest BCUT2D eigenvalue weighted by atomic mass is 16.5. The van der Waals surface area contributed by atoms with Crippen molar-refractivity contribution in [3.8, 4) is 0 Å². The number of rotatable bonds is 1. The van der Waals surface area contributed by atoms with Crippen molar-refractivity contribution in [1.82, 2.24) is 9.88 Å². The van der Waals surface area contributed by atoms with Crippen molar-refractivity contribution in [2.75, 3.05) is 19.7 Å². The lowest BCUT2D eigenvalue weighted by atomic mass is 10.2. The van der Waals surface area contributed by atoms with Crippen LogP contribution in [0.2, 0.25) is 0 Å². The third-order valence-electron chi connectivity index (χ3n) is 2.15. The Kier molecular flexibility index (Phi) is 2.15. The van der Waals surface area contributed by atoms with E-state index in [1.54, 1.807) is 0 Å². The molecule has 12 heavy (non-hydrogen) atoms. The first-order valence-corrected chi connectivity index (χ1v) is 4.30. The molecule has 0 saturated carbocycles. The third kappa shape index (κ3) is 1.52. The summed E-state index contributed by atoms with van der Waals surface area (Å²) in [5.74, 6) is 0. The standard InChI is InChI=1S/C9H14N2O/c1-11-4-2-8(7-11)9-6-10-3-5-12-9/h2,4,7,9-10H,3,5-6H2,1H3. The number of nitrogens with one attached hydrogen (secondary N) is 1. The van der Waals surface area contributed by atoms with Gasteiger partial charge in [-0.15, -0.1) is 0 Å². The normalized spacial score (nSPS) is 24.2. The zero-order chi connectivity index (χ0) is 8.39. The zero-order valence-corrected chi connectivity index (χ0v) is 7.29. The zero-order valence-electron chi connectivity index (χ0n) is 7.29. The summed E-state index contributed by atoms with van der Waals surface area (Å²) in [5, 5.41) is 3.31. The molecule has 3 heteroatoms. The second-order valence-corrected chi connectivity index (χ2v) is 3.17. The van der Waals surface area contributed by atoms with E-state index in [1.165, 1.54) is 5.56 Å². The van der Waals surface area contributed by atoms with Crippen LogP contribution in [0, 0.1) is 0 Å². The second-order valence-electron chi connectivity index (χ2n) is 3.17. The maximum absolute atomic E-state index is 5.60. The minimum absolute atomic E-state index is 0.250. The highest BCUT2D eigenvalue weighted by molar-refractivity contribution is 5.14. The van der Waals surface area contributed by atoms with Gasteiger partial charge in [0.05, 0.1) is 12.7 Å². The van der Waals surface area contributed by atoms with E-state index in [1.807, 2.05) is 17.8 Å². The predicted octanol–water partition coefficient (Wildman–Crippen LogP) is 0.686. The average molecular weight is 166 g/mol. The predicted molar refractivity (Wildman–Crippen MR) is 47.0 cm³/mol. The van der Waals surface area contributed by atoms with E-state index in [-0.39, 0.29) is 6.10 Å². The summed E-state index contributed by atoms with van der Waals surface area (Å²) >= 11 is 0. The van der Waals surface area contributed by atoms with E-state index in [4.69, 9.17) is 4.74 Å². The summed E-state index contributed by atoms with van der Waals surface area (Å²) in [6.45, 7) is 2.73. The van der Waals surface area contributed by atoms with Gasteiger partial charge in [-0.2, -0.15) is 0 Å². The van der Waals surface area contributed by atoms with Gasteiger partial charge in [-0.1, -0.05) is 0 Å². The van der Waals surface area contributed by atoms with Crippen LogP contribution in [-0.2, 0) is 11.8 Å². The molecule has 0 radical (unpaired) electrons. The number of aryl methyl sites for hydroxylation is 1. The first kappa shape index (κ1) is 7.83. The van der Waals surface area contributed by atoms with Crippen LogP contribution in [0.4, 0.5) is 0 Å². The van der Waals surface area contributed by atoms with E-state index in [2.05, 4.69) is 17.6 Å². The van der Waals surface area contributed by atoms with Crippen molar-refractivity contribution in [2.24, 2.45) is 7.05 Å². The molecule has 3 nitrogen and oxygen atoms in total. The molecule has 1 aromatic rings.